The second-order valence-electron chi connectivity index (χ2n) is 11.0. The first kappa shape index (κ1) is 28.9. The molecule has 0 radical (unpaired) electrons. The number of para-hydroxylation sites is 1. The molecule has 0 saturated carbocycles. The zero-order chi connectivity index (χ0) is 30.0. The minimum absolute atomic E-state index is 0.300. The topological polar surface area (TPSA) is 87.5 Å². The molecule has 1 aliphatic rings. The van der Waals surface area contributed by atoms with E-state index in [9.17, 15) is 4.79 Å². The van der Waals surface area contributed by atoms with Gasteiger partial charge in [-0.1, -0.05) is 31.4 Å². The van der Waals surface area contributed by atoms with E-state index in [1.165, 1.54) is 22.5 Å². The van der Waals surface area contributed by atoms with Gasteiger partial charge in [0.15, 0.2) is 0 Å². The number of rotatable bonds is 11. The molecule has 9 nitrogen and oxygen atoms in total. The summed E-state index contributed by atoms with van der Waals surface area (Å²) in [5.74, 6) is 0.709. The quantitative estimate of drug-likeness (QED) is 0.217. The maximum atomic E-state index is 12.4. The number of nitrogens with zero attached hydrogens (tertiary/aromatic N) is 5. The monoisotopic (exact) mass is 565 g/mol. The SMILES string of the molecule is C=CC(=O)Nc1cc(Nc2ncc(C(=C)C)c(-c3cn4c5c(cccc35)CCC4)n2)c(OC)cc1N(C)CCN(C)C. The molecule has 0 fully saturated rings. The molecule has 3 heterocycles. The zero-order valence-corrected chi connectivity index (χ0v) is 25.1. The normalized spacial score (nSPS) is 12.3. The van der Waals surface area contributed by atoms with Crippen molar-refractivity contribution in [3.05, 3.63) is 73.1 Å². The number of amides is 1. The van der Waals surface area contributed by atoms with Crippen LogP contribution in [0.4, 0.5) is 23.0 Å². The van der Waals surface area contributed by atoms with Crippen LogP contribution < -0.4 is 20.3 Å². The second-order valence-corrected chi connectivity index (χ2v) is 11.0. The molecule has 0 unspecified atom stereocenters. The number of aromatic nitrogens is 3. The van der Waals surface area contributed by atoms with Crippen LogP contribution in [0.15, 0.2) is 62.0 Å². The number of benzene rings is 2. The molecular formula is C33H39N7O2. The molecule has 0 spiro atoms. The predicted octanol–water partition coefficient (Wildman–Crippen LogP) is 5.95. The Morgan fingerprint density at radius 2 is 2.00 bits per heavy atom. The van der Waals surface area contributed by atoms with Crippen molar-refractivity contribution in [2.24, 2.45) is 0 Å². The van der Waals surface area contributed by atoms with Gasteiger partial charge in [-0.3, -0.25) is 4.79 Å². The number of methoxy groups -OCH3 is 1. The van der Waals surface area contributed by atoms with Gasteiger partial charge in [0.2, 0.25) is 11.9 Å². The van der Waals surface area contributed by atoms with Crippen molar-refractivity contribution in [3.63, 3.8) is 0 Å². The summed E-state index contributed by atoms with van der Waals surface area (Å²) in [5.41, 5.74) is 8.37. The van der Waals surface area contributed by atoms with Crippen LogP contribution in [0.2, 0.25) is 0 Å². The van der Waals surface area contributed by atoms with Crippen LogP contribution >= 0.6 is 0 Å². The van der Waals surface area contributed by atoms with Crippen LogP contribution in [-0.4, -0.2) is 66.7 Å². The average Bonchev–Trinajstić information content (AvgIpc) is 3.36. The van der Waals surface area contributed by atoms with E-state index < -0.39 is 0 Å². The van der Waals surface area contributed by atoms with Crippen molar-refractivity contribution in [1.82, 2.24) is 19.4 Å². The fourth-order valence-corrected chi connectivity index (χ4v) is 5.43. The highest BCUT2D eigenvalue weighted by Gasteiger charge is 2.21. The van der Waals surface area contributed by atoms with Gasteiger partial charge in [0, 0.05) is 61.7 Å². The van der Waals surface area contributed by atoms with Gasteiger partial charge in [-0.15, -0.1) is 0 Å². The summed E-state index contributed by atoms with van der Waals surface area (Å²) in [6.45, 7) is 12.4. The van der Waals surface area contributed by atoms with E-state index in [1.54, 1.807) is 7.11 Å². The first-order valence-electron chi connectivity index (χ1n) is 14.1. The Labute approximate surface area is 247 Å². The average molecular weight is 566 g/mol. The Bertz CT molecular complexity index is 1670. The molecule has 0 bridgehead atoms. The lowest BCUT2D eigenvalue weighted by molar-refractivity contribution is -0.111. The molecule has 9 heteroatoms. The van der Waals surface area contributed by atoms with Crippen molar-refractivity contribution < 1.29 is 9.53 Å². The summed E-state index contributed by atoms with van der Waals surface area (Å²) < 4.78 is 8.12. The van der Waals surface area contributed by atoms with Gasteiger partial charge in [0.05, 0.1) is 35.4 Å². The van der Waals surface area contributed by atoms with E-state index in [0.29, 0.717) is 23.1 Å². The molecule has 0 atom stereocenters. The molecule has 218 valence electrons. The predicted molar refractivity (Wildman–Crippen MR) is 173 cm³/mol. The highest BCUT2D eigenvalue weighted by molar-refractivity contribution is 6.02. The van der Waals surface area contributed by atoms with E-state index in [2.05, 4.69) is 67.5 Å². The lowest BCUT2D eigenvalue weighted by Crippen LogP contribution is -2.29. The first-order chi connectivity index (χ1) is 20.2. The lowest BCUT2D eigenvalue weighted by Gasteiger charge is -2.26. The third-order valence-electron chi connectivity index (χ3n) is 7.63. The van der Waals surface area contributed by atoms with E-state index in [4.69, 9.17) is 9.72 Å². The molecule has 0 saturated heterocycles. The van der Waals surface area contributed by atoms with Crippen molar-refractivity contribution in [3.8, 4) is 17.0 Å². The van der Waals surface area contributed by atoms with Crippen LogP contribution in [0, 0.1) is 0 Å². The van der Waals surface area contributed by atoms with Gasteiger partial charge in [-0.25, -0.2) is 9.97 Å². The Hall–Kier alpha value is -4.63. The van der Waals surface area contributed by atoms with Crippen molar-refractivity contribution >= 4 is 45.4 Å². The lowest BCUT2D eigenvalue weighted by atomic mass is 9.99. The number of carbonyl (C=O) groups excluding carboxylic acids is 1. The van der Waals surface area contributed by atoms with E-state index >= 15 is 0 Å². The van der Waals surface area contributed by atoms with Gasteiger partial charge in [-0.05, 0) is 57.1 Å². The number of carbonyl (C=O) groups is 1. The number of anilines is 4. The minimum atomic E-state index is -0.300. The molecular weight excluding hydrogens is 526 g/mol. The third kappa shape index (κ3) is 5.73. The fourth-order valence-electron chi connectivity index (χ4n) is 5.43. The molecule has 2 N–H and O–H groups in total. The number of hydrogen-bond acceptors (Lipinski definition) is 7. The molecule has 5 rings (SSSR count). The molecule has 2 aromatic carbocycles. The summed E-state index contributed by atoms with van der Waals surface area (Å²) >= 11 is 0. The maximum Gasteiger partial charge on any atom is 0.247 e. The smallest absolute Gasteiger partial charge is 0.247 e. The molecule has 42 heavy (non-hydrogen) atoms. The summed E-state index contributed by atoms with van der Waals surface area (Å²) in [6.07, 6.45) is 7.47. The largest absolute Gasteiger partial charge is 0.494 e. The summed E-state index contributed by atoms with van der Waals surface area (Å²) in [7, 11) is 7.66. The van der Waals surface area contributed by atoms with Crippen molar-refractivity contribution in [1.29, 1.82) is 0 Å². The van der Waals surface area contributed by atoms with Crippen molar-refractivity contribution in [2.75, 3.05) is 56.9 Å². The van der Waals surface area contributed by atoms with Crippen molar-refractivity contribution in [2.45, 2.75) is 26.3 Å². The highest BCUT2D eigenvalue weighted by Crippen LogP contribution is 2.40. The zero-order valence-electron chi connectivity index (χ0n) is 25.1. The number of ether oxygens (including phenoxy) is 1. The first-order valence-corrected chi connectivity index (χ1v) is 14.1. The minimum Gasteiger partial charge on any atom is -0.494 e. The molecule has 1 aliphatic heterocycles. The van der Waals surface area contributed by atoms with Gasteiger partial charge in [0.25, 0.3) is 0 Å². The second kappa shape index (κ2) is 12.1. The molecule has 0 aliphatic carbocycles. The Morgan fingerprint density at radius 3 is 2.71 bits per heavy atom. The summed E-state index contributed by atoms with van der Waals surface area (Å²) in [4.78, 5) is 26.2. The molecule has 4 aromatic rings. The Morgan fingerprint density at radius 1 is 1.19 bits per heavy atom. The number of allylic oxidation sites excluding steroid dienone is 1. The third-order valence-corrected chi connectivity index (χ3v) is 7.63. The molecule has 2 aromatic heterocycles. The van der Waals surface area contributed by atoms with E-state index in [0.717, 1.165) is 60.6 Å². The summed E-state index contributed by atoms with van der Waals surface area (Å²) in [5, 5.41) is 7.48. The van der Waals surface area contributed by atoms with Crippen LogP contribution in [0.5, 0.6) is 5.75 Å². The highest BCUT2D eigenvalue weighted by atomic mass is 16.5. The number of nitrogens with one attached hydrogen (secondary N) is 2. The molecule has 1 amide bonds. The Kier molecular flexibility index (Phi) is 8.31. The van der Waals surface area contributed by atoms with Crippen LogP contribution in [-0.2, 0) is 17.8 Å². The van der Waals surface area contributed by atoms with Gasteiger partial charge < -0.3 is 29.7 Å². The maximum absolute atomic E-state index is 12.4. The van der Waals surface area contributed by atoms with Crippen LogP contribution in [0.3, 0.4) is 0 Å². The van der Waals surface area contributed by atoms with Crippen LogP contribution in [0.25, 0.3) is 27.7 Å². The van der Waals surface area contributed by atoms with Gasteiger partial charge in [-0.2, -0.15) is 0 Å². The van der Waals surface area contributed by atoms with E-state index in [-0.39, 0.29) is 5.91 Å². The number of likely N-dealkylation sites (N-methyl/N-ethyl adjacent to an activating group) is 2. The Balaban J connectivity index is 1.58. The van der Waals surface area contributed by atoms with Gasteiger partial charge >= 0.3 is 0 Å². The summed E-state index contributed by atoms with van der Waals surface area (Å²) in [6, 6.07) is 10.3. The van der Waals surface area contributed by atoms with Crippen LogP contribution in [0.1, 0.15) is 24.5 Å². The fraction of sp³-hybridized carbons (Fsp3) is 0.303. The standard InChI is InChI=1S/C33H39N7O2/c1-8-30(41)35-26-17-27(29(42-7)18-28(26)39(6)16-15-38(4)5)36-33-34-19-24(21(2)3)31(37-33)25-20-40-14-10-12-22-11-9-13-23(25)32(22)40/h8-9,11,13,17-20H,1-2,10,12,14-16H2,3-7H3,(H,35,41)(H,34,36,37). The van der Waals surface area contributed by atoms with Gasteiger partial charge in [0.1, 0.15) is 5.75 Å². The van der Waals surface area contributed by atoms with E-state index in [1.807, 2.05) is 46.4 Å². The number of aryl methyl sites for hydroxylation is 2. The number of hydrogen-bond donors (Lipinski definition) is 2.